The number of carbonyl (C=O) groups excluding carboxylic acids is 1. The van der Waals surface area contributed by atoms with Crippen LogP contribution in [0.2, 0.25) is 0 Å². The zero-order valence-corrected chi connectivity index (χ0v) is 16.1. The minimum Gasteiger partial charge on any atom is -0.497 e. The van der Waals surface area contributed by atoms with Crippen molar-refractivity contribution in [3.05, 3.63) is 54.1 Å². The molecule has 144 valence electrons. The molecular formula is C21H27N3O3. The first-order chi connectivity index (χ1) is 13.1. The summed E-state index contributed by atoms with van der Waals surface area (Å²) in [5.41, 5.74) is 2.11. The highest BCUT2D eigenvalue weighted by Gasteiger charge is 2.26. The normalized spacial score (nSPS) is 15.5. The number of para-hydroxylation sites is 2. The first kappa shape index (κ1) is 18.9. The predicted molar refractivity (Wildman–Crippen MR) is 107 cm³/mol. The van der Waals surface area contributed by atoms with E-state index in [1.54, 1.807) is 19.1 Å². The number of amides is 2. The lowest BCUT2D eigenvalue weighted by Gasteiger charge is -2.37. The van der Waals surface area contributed by atoms with Gasteiger partial charge in [0, 0.05) is 20.1 Å². The molecule has 0 spiro atoms. The number of nitrogens with one attached hydrogen (secondary N) is 1. The molecule has 27 heavy (non-hydrogen) atoms. The average Bonchev–Trinajstić information content (AvgIpc) is 2.71. The Labute approximate surface area is 160 Å². The third-order valence-corrected chi connectivity index (χ3v) is 4.71. The van der Waals surface area contributed by atoms with Gasteiger partial charge in [-0.1, -0.05) is 24.3 Å². The van der Waals surface area contributed by atoms with Crippen LogP contribution in [0.5, 0.6) is 11.5 Å². The van der Waals surface area contributed by atoms with Gasteiger partial charge in [-0.05, 0) is 36.8 Å². The topological polar surface area (TPSA) is 54.0 Å². The molecule has 0 saturated heterocycles. The lowest BCUT2D eigenvalue weighted by Crippen LogP contribution is -2.48. The molecule has 2 aromatic carbocycles. The molecule has 1 N–H and O–H groups in total. The minimum atomic E-state index is -0.122. The van der Waals surface area contributed by atoms with Gasteiger partial charge in [0.25, 0.3) is 0 Å². The van der Waals surface area contributed by atoms with Gasteiger partial charge in [0.15, 0.2) is 0 Å². The van der Waals surface area contributed by atoms with Gasteiger partial charge in [0.2, 0.25) is 0 Å². The Bertz CT molecular complexity index is 781. The van der Waals surface area contributed by atoms with Gasteiger partial charge in [-0.15, -0.1) is 0 Å². The largest absolute Gasteiger partial charge is 0.497 e. The van der Waals surface area contributed by atoms with Crippen molar-refractivity contribution in [3.63, 3.8) is 0 Å². The zero-order valence-electron chi connectivity index (χ0n) is 16.1. The Hall–Kier alpha value is -2.89. The van der Waals surface area contributed by atoms with Crippen molar-refractivity contribution in [1.29, 1.82) is 0 Å². The first-order valence-corrected chi connectivity index (χ1v) is 9.23. The van der Waals surface area contributed by atoms with Crippen LogP contribution in [-0.2, 0) is 6.54 Å². The van der Waals surface area contributed by atoms with Gasteiger partial charge < -0.3 is 24.6 Å². The molecule has 1 aliphatic rings. The fourth-order valence-electron chi connectivity index (χ4n) is 3.26. The van der Waals surface area contributed by atoms with Gasteiger partial charge >= 0.3 is 6.03 Å². The van der Waals surface area contributed by atoms with Crippen LogP contribution in [0.15, 0.2) is 48.5 Å². The lowest BCUT2D eigenvalue weighted by molar-refractivity contribution is 0.145. The van der Waals surface area contributed by atoms with Crippen LogP contribution in [0, 0.1) is 0 Å². The van der Waals surface area contributed by atoms with Gasteiger partial charge in [0.1, 0.15) is 17.6 Å². The Morgan fingerprint density at radius 3 is 2.89 bits per heavy atom. The Morgan fingerprint density at radius 2 is 2.11 bits per heavy atom. The lowest BCUT2D eigenvalue weighted by atomic mass is 10.2. The monoisotopic (exact) mass is 369 g/mol. The van der Waals surface area contributed by atoms with E-state index in [1.807, 2.05) is 42.5 Å². The van der Waals surface area contributed by atoms with E-state index in [0.29, 0.717) is 13.1 Å². The number of fused-ring (bicyclic) bond motifs is 1. The van der Waals surface area contributed by atoms with Gasteiger partial charge in [-0.2, -0.15) is 0 Å². The predicted octanol–water partition coefficient (Wildman–Crippen LogP) is 3.12. The van der Waals surface area contributed by atoms with E-state index in [2.05, 4.69) is 23.2 Å². The quantitative estimate of drug-likeness (QED) is 0.850. The molecule has 3 rings (SSSR count). The number of nitrogens with zero attached hydrogens (tertiary/aromatic N) is 2. The number of benzene rings is 2. The summed E-state index contributed by atoms with van der Waals surface area (Å²) in [5, 5.41) is 2.95. The number of ether oxygens (including phenoxy) is 2. The summed E-state index contributed by atoms with van der Waals surface area (Å²) in [4.78, 5) is 16.4. The molecule has 2 amide bonds. The number of hydrogen-bond donors (Lipinski definition) is 1. The molecule has 1 atom stereocenters. The molecule has 0 bridgehead atoms. The molecule has 2 aromatic rings. The van der Waals surface area contributed by atoms with E-state index in [-0.39, 0.29) is 12.1 Å². The second-order valence-corrected chi connectivity index (χ2v) is 6.64. The van der Waals surface area contributed by atoms with Crippen molar-refractivity contribution < 1.29 is 14.3 Å². The van der Waals surface area contributed by atoms with Gasteiger partial charge in [-0.3, -0.25) is 0 Å². The maximum atomic E-state index is 12.5. The summed E-state index contributed by atoms with van der Waals surface area (Å²) < 4.78 is 11.3. The van der Waals surface area contributed by atoms with Crippen LogP contribution in [0.4, 0.5) is 10.5 Å². The molecule has 1 unspecified atom stereocenters. The SMILES string of the molecule is CCN1CC(CN(C)C(=O)NCc2cccc(OC)c2)Oc2ccccc21. The number of anilines is 1. The summed E-state index contributed by atoms with van der Waals surface area (Å²) in [7, 11) is 3.43. The number of carbonyl (C=O) groups is 1. The van der Waals surface area contributed by atoms with Crippen LogP contribution < -0.4 is 19.7 Å². The van der Waals surface area contributed by atoms with Crippen molar-refractivity contribution in [2.24, 2.45) is 0 Å². The maximum absolute atomic E-state index is 12.5. The van der Waals surface area contributed by atoms with Crippen molar-refractivity contribution in [1.82, 2.24) is 10.2 Å². The highest BCUT2D eigenvalue weighted by molar-refractivity contribution is 5.74. The van der Waals surface area contributed by atoms with Crippen LogP contribution in [0.25, 0.3) is 0 Å². The zero-order chi connectivity index (χ0) is 19.2. The van der Waals surface area contributed by atoms with E-state index in [1.165, 1.54) is 0 Å². The summed E-state index contributed by atoms with van der Waals surface area (Å²) in [6, 6.07) is 15.6. The summed E-state index contributed by atoms with van der Waals surface area (Å²) in [6.45, 7) is 4.78. The summed E-state index contributed by atoms with van der Waals surface area (Å²) in [6.07, 6.45) is -0.0626. The number of rotatable bonds is 6. The van der Waals surface area contributed by atoms with E-state index in [0.717, 1.165) is 35.8 Å². The third kappa shape index (κ3) is 4.64. The molecule has 0 saturated carbocycles. The van der Waals surface area contributed by atoms with Crippen LogP contribution >= 0.6 is 0 Å². The smallest absolute Gasteiger partial charge is 0.317 e. The van der Waals surface area contributed by atoms with Crippen molar-refractivity contribution in [2.75, 3.05) is 38.7 Å². The molecule has 6 nitrogen and oxygen atoms in total. The number of methoxy groups -OCH3 is 1. The van der Waals surface area contributed by atoms with Gasteiger partial charge in [0.05, 0.1) is 25.9 Å². The van der Waals surface area contributed by atoms with E-state index in [4.69, 9.17) is 9.47 Å². The summed E-state index contributed by atoms with van der Waals surface area (Å²) >= 11 is 0. The third-order valence-electron chi connectivity index (χ3n) is 4.71. The molecule has 1 aliphatic heterocycles. The molecule has 1 heterocycles. The Morgan fingerprint density at radius 1 is 1.30 bits per heavy atom. The Balaban J connectivity index is 1.55. The fraction of sp³-hybridized carbons (Fsp3) is 0.381. The maximum Gasteiger partial charge on any atom is 0.317 e. The number of hydrogen-bond acceptors (Lipinski definition) is 4. The summed E-state index contributed by atoms with van der Waals surface area (Å²) in [5.74, 6) is 1.66. The molecule has 6 heteroatoms. The molecule has 0 aromatic heterocycles. The van der Waals surface area contributed by atoms with Crippen LogP contribution in [-0.4, -0.2) is 50.8 Å². The fourth-order valence-corrected chi connectivity index (χ4v) is 3.26. The number of urea groups is 1. The van der Waals surface area contributed by atoms with Crippen molar-refractivity contribution >= 4 is 11.7 Å². The van der Waals surface area contributed by atoms with Crippen molar-refractivity contribution in [3.8, 4) is 11.5 Å². The minimum absolute atomic E-state index is 0.0626. The highest BCUT2D eigenvalue weighted by Crippen LogP contribution is 2.32. The second-order valence-electron chi connectivity index (χ2n) is 6.64. The van der Waals surface area contributed by atoms with Crippen LogP contribution in [0.3, 0.4) is 0 Å². The second kappa shape index (κ2) is 8.66. The van der Waals surface area contributed by atoms with Crippen LogP contribution in [0.1, 0.15) is 12.5 Å². The van der Waals surface area contributed by atoms with E-state index >= 15 is 0 Å². The standard InChI is InChI=1S/C21H27N3O3/c1-4-24-15-18(27-20-11-6-5-10-19(20)24)14-23(2)21(25)22-13-16-8-7-9-17(12-16)26-3/h5-12,18H,4,13-15H2,1-3H3,(H,22,25). The van der Waals surface area contributed by atoms with E-state index < -0.39 is 0 Å². The van der Waals surface area contributed by atoms with Gasteiger partial charge in [-0.25, -0.2) is 4.79 Å². The molecule has 0 fully saturated rings. The number of likely N-dealkylation sites (N-methyl/N-ethyl adjacent to an activating group) is 2. The Kier molecular flexibility index (Phi) is 6.06. The molecule has 0 radical (unpaired) electrons. The molecular weight excluding hydrogens is 342 g/mol. The first-order valence-electron chi connectivity index (χ1n) is 9.23. The average molecular weight is 369 g/mol. The molecule has 0 aliphatic carbocycles. The highest BCUT2D eigenvalue weighted by atomic mass is 16.5. The van der Waals surface area contributed by atoms with Crippen molar-refractivity contribution in [2.45, 2.75) is 19.6 Å². The van der Waals surface area contributed by atoms with E-state index in [9.17, 15) is 4.79 Å².